The highest BCUT2D eigenvalue weighted by Crippen LogP contribution is 2.16. The van der Waals surface area contributed by atoms with E-state index in [4.69, 9.17) is 11.6 Å². The Morgan fingerprint density at radius 3 is 2.36 bits per heavy atom. The van der Waals surface area contributed by atoms with Gasteiger partial charge in [-0.25, -0.2) is 0 Å². The average molecular weight is 377 g/mol. The largest absolute Gasteiger partial charge is 0.352 e. The maximum Gasteiger partial charge on any atom is 0.251 e. The van der Waals surface area contributed by atoms with E-state index in [1.807, 2.05) is 31.2 Å². The molecule has 25 heavy (non-hydrogen) atoms. The SMILES string of the molecule is CCCNC(=O)c1ccc(CSCC(=O)Nc2ccc(Cl)cc2)cc1. The van der Waals surface area contributed by atoms with E-state index in [9.17, 15) is 9.59 Å². The Bertz CT molecular complexity index is 702. The lowest BCUT2D eigenvalue weighted by molar-refractivity contribution is -0.113. The van der Waals surface area contributed by atoms with Crippen LogP contribution in [0, 0.1) is 0 Å². The van der Waals surface area contributed by atoms with Gasteiger partial charge in [0.2, 0.25) is 5.91 Å². The van der Waals surface area contributed by atoms with Gasteiger partial charge in [-0.15, -0.1) is 11.8 Å². The van der Waals surface area contributed by atoms with Gasteiger partial charge in [-0.1, -0.05) is 30.7 Å². The van der Waals surface area contributed by atoms with Crippen LogP contribution < -0.4 is 10.6 Å². The van der Waals surface area contributed by atoms with Crippen molar-refractivity contribution in [3.05, 3.63) is 64.7 Å². The van der Waals surface area contributed by atoms with Gasteiger partial charge in [0, 0.05) is 28.6 Å². The highest BCUT2D eigenvalue weighted by molar-refractivity contribution is 7.99. The molecule has 0 spiro atoms. The minimum atomic E-state index is -0.0529. The molecule has 2 N–H and O–H groups in total. The molecule has 0 aliphatic heterocycles. The van der Waals surface area contributed by atoms with Gasteiger partial charge in [-0.05, 0) is 48.4 Å². The maximum atomic E-state index is 11.9. The molecular weight excluding hydrogens is 356 g/mol. The average Bonchev–Trinajstić information content (AvgIpc) is 2.62. The van der Waals surface area contributed by atoms with Crippen LogP contribution in [0.3, 0.4) is 0 Å². The van der Waals surface area contributed by atoms with Crippen LogP contribution in [0.15, 0.2) is 48.5 Å². The monoisotopic (exact) mass is 376 g/mol. The number of amides is 2. The molecule has 0 aromatic heterocycles. The topological polar surface area (TPSA) is 58.2 Å². The molecular formula is C19H21ClN2O2S. The molecule has 0 aliphatic carbocycles. The third kappa shape index (κ3) is 6.80. The lowest BCUT2D eigenvalue weighted by Gasteiger charge is -2.06. The van der Waals surface area contributed by atoms with Crippen LogP contribution in [0.4, 0.5) is 5.69 Å². The van der Waals surface area contributed by atoms with Crippen molar-refractivity contribution in [2.24, 2.45) is 0 Å². The molecule has 0 bridgehead atoms. The number of nitrogens with one attached hydrogen (secondary N) is 2. The first kappa shape index (κ1) is 19.3. The van der Waals surface area contributed by atoms with E-state index in [1.165, 1.54) is 11.8 Å². The van der Waals surface area contributed by atoms with Gasteiger partial charge >= 0.3 is 0 Å². The fraction of sp³-hybridized carbons (Fsp3) is 0.263. The van der Waals surface area contributed by atoms with E-state index in [0.29, 0.717) is 28.6 Å². The van der Waals surface area contributed by atoms with E-state index < -0.39 is 0 Å². The number of halogens is 1. The summed E-state index contributed by atoms with van der Waals surface area (Å²) in [6, 6.07) is 14.5. The normalized spacial score (nSPS) is 10.3. The van der Waals surface area contributed by atoms with E-state index in [1.54, 1.807) is 24.3 Å². The van der Waals surface area contributed by atoms with Gasteiger partial charge in [0.1, 0.15) is 0 Å². The van der Waals surface area contributed by atoms with Crippen LogP contribution in [0.2, 0.25) is 5.02 Å². The highest BCUT2D eigenvalue weighted by Gasteiger charge is 2.06. The van der Waals surface area contributed by atoms with Crippen molar-refractivity contribution in [3.8, 4) is 0 Å². The zero-order chi connectivity index (χ0) is 18.1. The fourth-order valence-electron chi connectivity index (χ4n) is 2.08. The fourth-order valence-corrected chi connectivity index (χ4v) is 3.00. The molecule has 2 aromatic rings. The number of carbonyl (C=O) groups is 2. The molecule has 6 heteroatoms. The number of thioether (sulfide) groups is 1. The van der Waals surface area contributed by atoms with Gasteiger partial charge in [0.25, 0.3) is 5.91 Å². The van der Waals surface area contributed by atoms with Gasteiger partial charge in [0.05, 0.1) is 5.75 Å². The van der Waals surface area contributed by atoms with Gasteiger partial charge in [-0.3, -0.25) is 9.59 Å². The maximum absolute atomic E-state index is 11.9. The minimum absolute atomic E-state index is 0.0524. The van der Waals surface area contributed by atoms with Crippen molar-refractivity contribution in [2.75, 3.05) is 17.6 Å². The molecule has 0 heterocycles. The summed E-state index contributed by atoms with van der Waals surface area (Å²) in [4.78, 5) is 23.7. The molecule has 0 atom stereocenters. The third-order valence-corrected chi connectivity index (χ3v) is 4.64. The predicted molar refractivity (Wildman–Crippen MR) is 105 cm³/mol. The Balaban J connectivity index is 1.74. The van der Waals surface area contributed by atoms with Crippen molar-refractivity contribution < 1.29 is 9.59 Å². The van der Waals surface area contributed by atoms with E-state index in [-0.39, 0.29) is 11.8 Å². The van der Waals surface area contributed by atoms with Crippen molar-refractivity contribution in [3.63, 3.8) is 0 Å². The third-order valence-electron chi connectivity index (χ3n) is 3.38. The standard InChI is InChI=1S/C19H21ClN2O2S/c1-2-11-21-19(24)15-5-3-14(4-6-15)12-25-13-18(23)22-17-9-7-16(20)8-10-17/h3-10H,2,11-13H2,1H3,(H,21,24)(H,22,23). The smallest absolute Gasteiger partial charge is 0.251 e. The molecule has 2 aromatic carbocycles. The number of hydrogen-bond acceptors (Lipinski definition) is 3. The zero-order valence-corrected chi connectivity index (χ0v) is 15.6. The molecule has 0 saturated carbocycles. The number of benzene rings is 2. The molecule has 0 unspecified atom stereocenters. The summed E-state index contributed by atoms with van der Waals surface area (Å²) >= 11 is 7.34. The summed E-state index contributed by atoms with van der Waals surface area (Å²) in [5, 5.41) is 6.31. The zero-order valence-electron chi connectivity index (χ0n) is 14.0. The van der Waals surface area contributed by atoms with Crippen LogP contribution >= 0.6 is 23.4 Å². The number of rotatable bonds is 8. The molecule has 0 radical (unpaired) electrons. The van der Waals surface area contributed by atoms with Crippen LogP contribution in [-0.2, 0) is 10.5 Å². The lowest BCUT2D eigenvalue weighted by atomic mass is 10.1. The first-order valence-corrected chi connectivity index (χ1v) is 9.62. The molecule has 0 fully saturated rings. The van der Waals surface area contributed by atoms with Gasteiger partial charge in [-0.2, -0.15) is 0 Å². The first-order valence-electron chi connectivity index (χ1n) is 8.09. The number of anilines is 1. The summed E-state index contributed by atoms with van der Waals surface area (Å²) in [6.07, 6.45) is 0.915. The molecule has 132 valence electrons. The first-order chi connectivity index (χ1) is 12.1. The Morgan fingerprint density at radius 1 is 1.04 bits per heavy atom. The molecule has 4 nitrogen and oxygen atoms in total. The van der Waals surface area contributed by atoms with E-state index >= 15 is 0 Å². The summed E-state index contributed by atoms with van der Waals surface area (Å²) in [7, 11) is 0. The van der Waals surface area contributed by atoms with Crippen molar-refractivity contribution in [1.82, 2.24) is 5.32 Å². The van der Waals surface area contributed by atoms with E-state index in [0.717, 1.165) is 17.7 Å². The quantitative estimate of drug-likeness (QED) is 0.720. The van der Waals surface area contributed by atoms with Crippen molar-refractivity contribution in [1.29, 1.82) is 0 Å². The minimum Gasteiger partial charge on any atom is -0.352 e. The second kappa shape index (κ2) is 10.1. The summed E-state index contributed by atoms with van der Waals surface area (Å²) < 4.78 is 0. The Morgan fingerprint density at radius 2 is 1.72 bits per heavy atom. The molecule has 2 amide bonds. The van der Waals surface area contributed by atoms with Crippen LogP contribution in [0.5, 0.6) is 0 Å². The van der Waals surface area contributed by atoms with Crippen LogP contribution in [0.25, 0.3) is 0 Å². The predicted octanol–water partition coefficient (Wildman–Crippen LogP) is 4.35. The van der Waals surface area contributed by atoms with Gasteiger partial charge < -0.3 is 10.6 Å². The second-order valence-corrected chi connectivity index (χ2v) is 6.92. The van der Waals surface area contributed by atoms with Crippen LogP contribution in [0.1, 0.15) is 29.3 Å². The Kier molecular flexibility index (Phi) is 7.82. The number of carbonyl (C=O) groups excluding carboxylic acids is 2. The van der Waals surface area contributed by atoms with Crippen molar-refractivity contribution >= 4 is 40.9 Å². The molecule has 0 aliphatic rings. The summed E-state index contributed by atoms with van der Waals surface area (Å²) in [6.45, 7) is 2.70. The summed E-state index contributed by atoms with van der Waals surface area (Å²) in [5.74, 6) is 0.970. The second-order valence-electron chi connectivity index (χ2n) is 5.50. The summed E-state index contributed by atoms with van der Waals surface area (Å²) in [5.41, 5.74) is 2.47. The Hall–Kier alpha value is -1.98. The van der Waals surface area contributed by atoms with Gasteiger partial charge in [0.15, 0.2) is 0 Å². The van der Waals surface area contributed by atoms with E-state index in [2.05, 4.69) is 10.6 Å². The number of hydrogen-bond donors (Lipinski definition) is 2. The Labute approximate surface area is 157 Å². The highest BCUT2D eigenvalue weighted by atomic mass is 35.5. The molecule has 0 saturated heterocycles. The lowest BCUT2D eigenvalue weighted by Crippen LogP contribution is -2.23. The van der Waals surface area contributed by atoms with Crippen LogP contribution in [-0.4, -0.2) is 24.1 Å². The van der Waals surface area contributed by atoms with Crippen molar-refractivity contribution in [2.45, 2.75) is 19.1 Å². The molecule has 2 rings (SSSR count).